The third-order valence-electron chi connectivity index (χ3n) is 2.49. The highest BCUT2D eigenvalue weighted by molar-refractivity contribution is 6.54. The molecule has 0 radical (unpaired) electrons. The van der Waals surface area contributed by atoms with Gasteiger partial charge in [-0.25, -0.2) is 0 Å². The van der Waals surface area contributed by atoms with E-state index in [9.17, 15) is 4.79 Å². The fraction of sp³-hybridized carbons (Fsp3) is 0.750. The molecule has 1 rings (SSSR count). The Kier molecular flexibility index (Phi) is 2.38. The average molecular weight is 206 g/mol. The molecule has 1 saturated carbocycles. The fourth-order valence-electron chi connectivity index (χ4n) is 1.55. The first-order valence-electron chi connectivity index (χ1n) is 3.64. The van der Waals surface area contributed by atoms with Gasteiger partial charge in [0.05, 0.1) is 12.0 Å². The number of rotatable bonds is 2. The van der Waals surface area contributed by atoms with E-state index in [0.29, 0.717) is 0 Å². The Morgan fingerprint density at radius 1 is 1.58 bits per heavy atom. The minimum absolute atomic E-state index is 0.218. The highest BCUT2D eigenvalue weighted by Crippen LogP contribution is 2.58. The van der Waals surface area contributed by atoms with Gasteiger partial charge < -0.3 is 0 Å². The van der Waals surface area contributed by atoms with Crippen LogP contribution in [0.2, 0.25) is 0 Å². The molecule has 1 fully saturated rings. The van der Waals surface area contributed by atoms with Crippen molar-refractivity contribution < 1.29 is 4.79 Å². The van der Waals surface area contributed by atoms with E-state index < -0.39 is 4.84 Å². The van der Waals surface area contributed by atoms with E-state index >= 15 is 0 Å². The number of carbonyl (C=O) groups is 1. The van der Waals surface area contributed by atoms with Crippen LogP contribution in [-0.4, -0.2) is 10.6 Å². The molecular formula is C8H9Cl2NO. The first kappa shape index (κ1) is 9.83. The third-order valence-corrected chi connectivity index (χ3v) is 2.92. The zero-order chi connectivity index (χ0) is 9.52. The molecule has 0 aliphatic heterocycles. The molecule has 0 bridgehead atoms. The molecule has 1 aliphatic rings. The molecular weight excluding hydrogens is 197 g/mol. The summed E-state index contributed by atoms with van der Waals surface area (Å²) in [5.74, 6) is -0.720. The van der Waals surface area contributed by atoms with Gasteiger partial charge in [0.15, 0.2) is 10.6 Å². The number of alkyl halides is 2. The van der Waals surface area contributed by atoms with Gasteiger partial charge in [0.25, 0.3) is 0 Å². The summed E-state index contributed by atoms with van der Waals surface area (Å²) in [6, 6.07) is 2.08. The second-order valence-corrected chi connectivity index (χ2v) is 4.71. The lowest BCUT2D eigenvalue weighted by molar-refractivity contribution is -0.119. The van der Waals surface area contributed by atoms with E-state index in [-0.39, 0.29) is 23.0 Å². The minimum atomic E-state index is -0.993. The quantitative estimate of drug-likeness (QED) is 0.649. The van der Waals surface area contributed by atoms with Crippen LogP contribution in [0.4, 0.5) is 0 Å². The van der Waals surface area contributed by atoms with Gasteiger partial charge in [-0.2, -0.15) is 5.26 Å². The highest BCUT2D eigenvalue weighted by Gasteiger charge is 2.62. The molecule has 0 aromatic carbocycles. The Morgan fingerprint density at radius 3 is 2.33 bits per heavy atom. The van der Waals surface area contributed by atoms with Crippen molar-refractivity contribution in [3.05, 3.63) is 0 Å². The smallest absolute Gasteiger partial charge is 0.170 e. The molecule has 66 valence electrons. The summed E-state index contributed by atoms with van der Waals surface area (Å²) < 4.78 is 0. The Morgan fingerprint density at radius 2 is 2.08 bits per heavy atom. The molecule has 0 saturated heterocycles. The van der Waals surface area contributed by atoms with E-state index in [1.165, 1.54) is 0 Å². The van der Waals surface area contributed by atoms with Crippen molar-refractivity contribution in [1.29, 1.82) is 5.26 Å². The van der Waals surface area contributed by atoms with Crippen LogP contribution in [0.25, 0.3) is 0 Å². The molecule has 0 aromatic rings. The molecule has 12 heavy (non-hydrogen) atoms. The largest absolute Gasteiger partial charge is 0.296 e. The molecule has 0 heterocycles. The second-order valence-electron chi connectivity index (χ2n) is 3.61. The monoisotopic (exact) mass is 205 g/mol. The first-order valence-corrected chi connectivity index (χ1v) is 4.51. The summed E-state index contributed by atoms with van der Waals surface area (Å²) in [7, 11) is 0. The zero-order valence-corrected chi connectivity index (χ0v) is 8.36. The molecule has 1 aliphatic carbocycles. The number of ketones is 1. The van der Waals surface area contributed by atoms with Gasteiger partial charge in [0.1, 0.15) is 0 Å². The maximum atomic E-state index is 11.3. The standard InChI is InChI=1S/C8H9Cl2NO/c1-8(2)4(3-11)5(8)6(12)7(9)10/h4-5,7H,1-2H3/t4-,5+/m1/s1. The summed E-state index contributed by atoms with van der Waals surface area (Å²) in [4.78, 5) is 10.3. The van der Waals surface area contributed by atoms with E-state index in [0.717, 1.165) is 0 Å². The third kappa shape index (κ3) is 1.32. The van der Waals surface area contributed by atoms with Gasteiger partial charge in [-0.05, 0) is 5.41 Å². The molecule has 2 atom stereocenters. The van der Waals surface area contributed by atoms with Gasteiger partial charge in [-0.1, -0.05) is 37.0 Å². The van der Waals surface area contributed by atoms with E-state index in [1.807, 2.05) is 13.8 Å². The van der Waals surface area contributed by atoms with E-state index in [4.69, 9.17) is 28.5 Å². The Bertz CT molecular complexity index is 254. The van der Waals surface area contributed by atoms with Gasteiger partial charge in [-0.3, -0.25) is 4.79 Å². The van der Waals surface area contributed by atoms with Crippen LogP contribution in [0.1, 0.15) is 13.8 Å². The van der Waals surface area contributed by atoms with Crippen LogP contribution >= 0.6 is 23.2 Å². The van der Waals surface area contributed by atoms with Crippen molar-refractivity contribution in [2.24, 2.45) is 17.3 Å². The average Bonchev–Trinajstić information content (AvgIpc) is 2.50. The predicted octanol–water partition coefficient (Wildman–Crippen LogP) is 2.15. The van der Waals surface area contributed by atoms with Gasteiger partial charge >= 0.3 is 0 Å². The second kappa shape index (κ2) is 2.90. The maximum Gasteiger partial charge on any atom is 0.170 e. The van der Waals surface area contributed by atoms with Gasteiger partial charge in [-0.15, -0.1) is 0 Å². The predicted molar refractivity (Wildman–Crippen MR) is 46.9 cm³/mol. The number of halogens is 2. The van der Waals surface area contributed by atoms with Crippen molar-refractivity contribution in [3.8, 4) is 6.07 Å². The van der Waals surface area contributed by atoms with Gasteiger partial charge in [0, 0.05) is 5.92 Å². The van der Waals surface area contributed by atoms with Crippen molar-refractivity contribution in [1.82, 2.24) is 0 Å². The fourth-order valence-corrected chi connectivity index (χ4v) is 1.82. The van der Waals surface area contributed by atoms with Crippen LogP contribution in [0.3, 0.4) is 0 Å². The van der Waals surface area contributed by atoms with Crippen molar-refractivity contribution >= 4 is 29.0 Å². The molecule has 2 nitrogen and oxygen atoms in total. The Balaban J connectivity index is 2.72. The van der Waals surface area contributed by atoms with E-state index in [1.54, 1.807) is 0 Å². The molecule has 0 amide bonds. The molecule has 4 heteroatoms. The lowest BCUT2D eigenvalue weighted by atomic mass is 10.1. The van der Waals surface area contributed by atoms with Crippen LogP contribution in [-0.2, 0) is 4.79 Å². The van der Waals surface area contributed by atoms with Crippen molar-refractivity contribution in [2.45, 2.75) is 18.7 Å². The Hall–Kier alpha value is -0.260. The van der Waals surface area contributed by atoms with Crippen molar-refractivity contribution in [2.75, 3.05) is 0 Å². The molecule has 0 N–H and O–H groups in total. The lowest BCUT2D eigenvalue weighted by Gasteiger charge is -2.00. The topological polar surface area (TPSA) is 40.9 Å². The van der Waals surface area contributed by atoms with Crippen LogP contribution < -0.4 is 0 Å². The first-order chi connectivity index (χ1) is 5.42. The molecule has 0 aromatic heterocycles. The number of Topliss-reactive ketones (excluding diaryl/α,β-unsaturated/α-hetero) is 1. The molecule has 0 unspecified atom stereocenters. The number of hydrogen-bond donors (Lipinski definition) is 0. The maximum absolute atomic E-state index is 11.3. The number of nitriles is 1. The van der Waals surface area contributed by atoms with Gasteiger partial charge in [0.2, 0.25) is 0 Å². The van der Waals surface area contributed by atoms with Crippen LogP contribution in [0, 0.1) is 28.6 Å². The SMILES string of the molecule is CC1(C)[C@H](C#N)[C@H]1C(=O)C(Cl)Cl. The van der Waals surface area contributed by atoms with Crippen molar-refractivity contribution in [3.63, 3.8) is 0 Å². The summed E-state index contributed by atoms with van der Waals surface area (Å²) in [6.07, 6.45) is 0. The summed E-state index contributed by atoms with van der Waals surface area (Å²) in [5.41, 5.74) is -0.242. The summed E-state index contributed by atoms with van der Waals surface area (Å²) >= 11 is 10.8. The van der Waals surface area contributed by atoms with Crippen LogP contribution in [0.5, 0.6) is 0 Å². The summed E-state index contributed by atoms with van der Waals surface area (Å²) in [5, 5.41) is 8.65. The number of nitrogens with zero attached hydrogens (tertiary/aromatic N) is 1. The highest BCUT2D eigenvalue weighted by atomic mass is 35.5. The number of carbonyl (C=O) groups excluding carboxylic acids is 1. The van der Waals surface area contributed by atoms with Crippen LogP contribution in [0.15, 0.2) is 0 Å². The number of hydrogen-bond acceptors (Lipinski definition) is 2. The summed E-state index contributed by atoms with van der Waals surface area (Å²) in [6.45, 7) is 3.75. The zero-order valence-electron chi connectivity index (χ0n) is 6.84. The normalized spacial score (nSPS) is 31.3. The molecule has 0 spiro atoms. The lowest BCUT2D eigenvalue weighted by Crippen LogP contribution is -2.13. The minimum Gasteiger partial charge on any atom is -0.296 e. The Labute approximate surface area is 81.4 Å². The van der Waals surface area contributed by atoms with E-state index in [2.05, 4.69) is 6.07 Å².